The van der Waals surface area contributed by atoms with Crippen LogP contribution in [0.3, 0.4) is 0 Å². The van der Waals surface area contributed by atoms with Gasteiger partial charge in [-0.2, -0.15) is 5.26 Å². The highest BCUT2D eigenvalue weighted by atomic mass is 16.1. The molecule has 1 aromatic rings. The third-order valence-corrected chi connectivity index (χ3v) is 2.46. The van der Waals surface area contributed by atoms with Crippen molar-refractivity contribution in [3.8, 4) is 6.07 Å². The Labute approximate surface area is 90.5 Å². The van der Waals surface area contributed by atoms with Crippen molar-refractivity contribution in [3.05, 3.63) is 35.4 Å². The first-order valence-electron chi connectivity index (χ1n) is 5.11. The van der Waals surface area contributed by atoms with Crippen LogP contribution in [0.1, 0.15) is 24.5 Å². The third kappa shape index (κ3) is 3.55. The number of hydrogen-bond donors (Lipinski definition) is 0. The Kier molecular flexibility index (Phi) is 4.05. The summed E-state index contributed by atoms with van der Waals surface area (Å²) in [5.41, 5.74) is 2.37. The molecular formula is C13H15NO. The van der Waals surface area contributed by atoms with Gasteiger partial charge in [0.1, 0.15) is 11.7 Å². The summed E-state index contributed by atoms with van der Waals surface area (Å²) < 4.78 is 0. The van der Waals surface area contributed by atoms with E-state index in [4.69, 9.17) is 5.26 Å². The minimum atomic E-state index is -0.476. The van der Waals surface area contributed by atoms with Crippen LogP contribution < -0.4 is 0 Å². The number of benzene rings is 1. The highest BCUT2D eigenvalue weighted by Crippen LogP contribution is 2.08. The van der Waals surface area contributed by atoms with Crippen molar-refractivity contribution in [2.75, 3.05) is 0 Å². The van der Waals surface area contributed by atoms with Gasteiger partial charge >= 0.3 is 0 Å². The van der Waals surface area contributed by atoms with Gasteiger partial charge in [0, 0.05) is 6.42 Å². The van der Waals surface area contributed by atoms with Crippen LogP contribution in [0.4, 0.5) is 0 Å². The van der Waals surface area contributed by atoms with Crippen LogP contribution in [0.2, 0.25) is 0 Å². The highest BCUT2D eigenvalue weighted by molar-refractivity contribution is 5.83. The SMILES string of the molecule is Cc1ccc(CCC(=O)C(C)C#N)cc1. The maximum absolute atomic E-state index is 11.4. The van der Waals surface area contributed by atoms with Gasteiger partial charge in [0.15, 0.2) is 0 Å². The van der Waals surface area contributed by atoms with E-state index in [-0.39, 0.29) is 5.78 Å². The van der Waals surface area contributed by atoms with Crippen LogP contribution in [-0.4, -0.2) is 5.78 Å². The molecule has 0 amide bonds. The summed E-state index contributed by atoms with van der Waals surface area (Å²) >= 11 is 0. The van der Waals surface area contributed by atoms with Crippen molar-refractivity contribution in [2.24, 2.45) is 5.92 Å². The molecule has 0 aliphatic rings. The van der Waals surface area contributed by atoms with E-state index in [1.165, 1.54) is 5.56 Å². The highest BCUT2D eigenvalue weighted by Gasteiger charge is 2.10. The quantitative estimate of drug-likeness (QED) is 0.751. The van der Waals surface area contributed by atoms with E-state index in [0.29, 0.717) is 6.42 Å². The van der Waals surface area contributed by atoms with Crippen molar-refractivity contribution in [3.63, 3.8) is 0 Å². The molecule has 0 heterocycles. The van der Waals surface area contributed by atoms with Gasteiger partial charge in [-0.1, -0.05) is 29.8 Å². The lowest BCUT2D eigenvalue weighted by Gasteiger charge is -2.02. The maximum atomic E-state index is 11.4. The first-order valence-corrected chi connectivity index (χ1v) is 5.11. The van der Waals surface area contributed by atoms with Crippen LogP contribution in [0.5, 0.6) is 0 Å². The average Bonchev–Trinajstić information content (AvgIpc) is 2.26. The van der Waals surface area contributed by atoms with E-state index in [9.17, 15) is 4.79 Å². The number of nitrogens with zero attached hydrogens (tertiary/aromatic N) is 1. The first-order chi connectivity index (χ1) is 7.13. The van der Waals surface area contributed by atoms with Crippen LogP contribution in [0.15, 0.2) is 24.3 Å². The molecular weight excluding hydrogens is 186 g/mol. The smallest absolute Gasteiger partial charge is 0.150 e. The molecule has 0 radical (unpaired) electrons. The minimum Gasteiger partial charge on any atom is -0.298 e. The van der Waals surface area contributed by atoms with Crippen LogP contribution in [-0.2, 0) is 11.2 Å². The van der Waals surface area contributed by atoms with E-state index in [2.05, 4.69) is 0 Å². The molecule has 78 valence electrons. The molecule has 15 heavy (non-hydrogen) atoms. The number of carbonyl (C=O) groups is 1. The fourth-order valence-corrected chi connectivity index (χ4v) is 1.31. The molecule has 2 nitrogen and oxygen atoms in total. The lowest BCUT2D eigenvalue weighted by molar-refractivity contribution is -0.120. The van der Waals surface area contributed by atoms with Crippen molar-refractivity contribution < 1.29 is 4.79 Å². The topological polar surface area (TPSA) is 40.9 Å². The Morgan fingerprint density at radius 1 is 1.40 bits per heavy atom. The van der Waals surface area contributed by atoms with Gasteiger partial charge in [0.05, 0.1) is 6.07 Å². The fraction of sp³-hybridized carbons (Fsp3) is 0.385. The van der Waals surface area contributed by atoms with Crippen LogP contribution in [0, 0.1) is 24.2 Å². The molecule has 0 bridgehead atoms. The van der Waals surface area contributed by atoms with Crippen molar-refractivity contribution in [1.29, 1.82) is 5.26 Å². The largest absolute Gasteiger partial charge is 0.298 e. The Hall–Kier alpha value is -1.62. The molecule has 0 spiro atoms. The molecule has 2 heteroatoms. The summed E-state index contributed by atoms with van der Waals surface area (Å²) in [5, 5.41) is 8.57. The van der Waals surface area contributed by atoms with Gasteiger partial charge in [-0.15, -0.1) is 0 Å². The zero-order valence-electron chi connectivity index (χ0n) is 9.16. The van der Waals surface area contributed by atoms with Gasteiger partial charge < -0.3 is 0 Å². The standard InChI is InChI=1S/C13H15NO/c1-10-3-5-12(6-4-10)7-8-13(15)11(2)9-14/h3-6,11H,7-8H2,1-2H3. The average molecular weight is 201 g/mol. The lowest BCUT2D eigenvalue weighted by atomic mass is 10.0. The molecule has 0 aliphatic heterocycles. The molecule has 1 atom stereocenters. The molecule has 0 N–H and O–H groups in total. The summed E-state index contributed by atoms with van der Waals surface area (Å²) in [7, 11) is 0. The Bertz CT molecular complexity index is 373. The Morgan fingerprint density at radius 2 is 2.00 bits per heavy atom. The predicted molar refractivity (Wildman–Crippen MR) is 59.3 cm³/mol. The fourth-order valence-electron chi connectivity index (χ4n) is 1.31. The number of nitriles is 1. The predicted octanol–water partition coefficient (Wildman–Crippen LogP) is 2.66. The summed E-state index contributed by atoms with van der Waals surface area (Å²) in [4.78, 5) is 11.4. The number of hydrogen-bond acceptors (Lipinski definition) is 2. The van der Waals surface area contributed by atoms with E-state index in [0.717, 1.165) is 12.0 Å². The zero-order valence-corrected chi connectivity index (χ0v) is 9.16. The summed E-state index contributed by atoms with van der Waals surface area (Å²) in [6, 6.07) is 10.1. The third-order valence-electron chi connectivity index (χ3n) is 2.46. The van der Waals surface area contributed by atoms with Gasteiger partial charge in [0.2, 0.25) is 0 Å². The number of rotatable bonds is 4. The van der Waals surface area contributed by atoms with Crippen molar-refractivity contribution in [2.45, 2.75) is 26.7 Å². The zero-order chi connectivity index (χ0) is 11.3. The lowest BCUT2D eigenvalue weighted by Crippen LogP contribution is -2.09. The molecule has 0 aromatic heterocycles. The summed E-state index contributed by atoms with van der Waals surface area (Å²) in [5.74, 6) is -0.450. The molecule has 0 saturated heterocycles. The number of carbonyl (C=O) groups excluding carboxylic acids is 1. The molecule has 0 saturated carbocycles. The molecule has 1 aromatic carbocycles. The van der Waals surface area contributed by atoms with Gasteiger partial charge in [-0.25, -0.2) is 0 Å². The van der Waals surface area contributed by atoms with Crippen molar-refractivity contribution in [1.82, 2.24) is 0 Å². The monoisotopic (exact) mass is 201 g/mol. The second-order valence-electron chi connectivity index (χ2n) is 3.80. The van der Waals surface area contributed by atoms with Crippen molar-refractivity contribution >= 4 is 5.78 Å². The van der Waals surface area contributed by atoms with E-state index in [1.54, 1.807) is 6.92 Å². The number of aryl methyl sites for hydroxylation is 2. The first kappa shape index (κ1) is 11.5. The Morgan fingerprint density at radius 3 is 2.53 bits per heavy atom. The normalized spacial score (nSPS) is 11.8. The molecule has 0 fully saturated rings. The summed E-state index contributed by atoms with van der Waals surface area (Å²) in [6.45, 7) is 3.68. The van der Waals surface area contributed by atoms with E-state index in [1.807, 2.05) is 37.3 Å². The summed E-state index contributed by atoms with van der Waals surface area (Å²) in [6.07, 6.45) is 1.18. The Balaban J connectivity index is 2.48. The second kappa shape index (κ2) is 5.31. The van der Waals surface area contributed by atoms with Gasteiger partial charge in [0.25, 0.3) is 0 Å². The number of Topliss-reactive ketones (excluding diaryl/α,β-unsaturated/α-hetero) is 1. The maximum Gasteiger partial charge on any atom is 0.150 e. The van der Waals surface area contributed by atoms with Gasteiger partial charge in [-0.3, -0.25) is 4.79 Å². The van der Waals surface area contributed by atoms with Crippen LogP contribution >= 0.6 is 0 Å². The molecule has 1 rings (SSSR count). The molecule has 0 aliphatic carbocycles. The minimum absolute atomic E-state index is 0.0260. The molecule has 1 unspecified atom stereocenters. The van der Waals surface area contributed by atoms with E-state index < -0.39 is 5.92 Å². The second-order valence-corrected chi connectivity index (χ2v) is 3.80. The number of ketones is 1. The van der Waals surface area contributed by atoms with Crippen LogP contribution in [0.25, 0.3) is 0 Å². The van der Waals surface area contributed by atoms with E-state index >= 15 is 0 Å². The van der Waals surface area contributed by atoms with Gasteiger partial charge in [-0.05, 0) is 25.8 Å².